The quantitative estimate of drug-likeness (QED) is 0.926. The molecule has 1 saturated heterocycles. The first-order valence-corrected chi connectivity index (χ1v) is 7.06. The van der Waals surface area contributed by atoms with Crippen LogP contribution in [0.15, 0.2) is 28.9 Å². The maximum absolute atomic E-state index is 5.91. The minimum Gasteiger partial charge on any atom is -0.493 e. The second-order valence-corrected chi connectivity index (χ2v) is 5.32. The summed E-state index contributed by atoms with van der Waals surface area (Å²) < 4.78 is 16.1. The van der Waals surface area contributed by atoms with Crippen molar-refractivity contribution in [2.75, 3.05) is 24.3 Å². The molecule has 0 aliphatic carbocycles. The molecule has 2 N–H and O–H groups in total. The van der Waals surface area contributed by atoms with E-state index in [4.69, 9.17) is 19.7 Å². The Bertz CT molecular complexity index is 581. The van der Waals surface area contributed by atoms with E-state index in [9.17, 15) is 0 Å². The first-order valence-electron chi connectivity index (χ1n) is 5.91. The van der Waals surface area contributed by atoms with Gasteiger partial charge in [-0.05, 0) is 17.7 Å². The molecule has 19 heavy (non-hydrogen) atoms. The smallest absolute Gasteiger partial charge is 0.229 e. The summed E-state index contributed by atoms with van der Waals surface area (Å²) in [5.74, 6) is 3.78. The fourth-order valence-electron chi connectivity index (χ4n) is 1.86. The van der Waals surface area contributed by atoms with Gasteiger partial charge in [0.2, 0.25) is 5.88 Å². The Morgan fingerprint density at radius 3 is 2.79 bits per heavy atom. The third-order valence-electron chi connectivity index (χ3n) is 2.97. The van der Waals surface area contributed by atoms with Crippen molar-refractivity contribution in [2.45, 2.75) is 6.10 Å². The Morgan fingerprint density at radius 2 is 2.21 bits per heavy atom. The molecule has 1 fully saturated rings. The number of aromatic nitrogens is 1. The topological polar surface area (TPSA) is 70.5 Å². The molecule has 3 rings (SSSR count). The highest BCUT2D eigenvalue weighted by Gasteiger charge is 2.22. The second-order valence-electron chi connectivity index (χ2n) is 4.25. The number of nitrogen functional groups attached to an aromatic ring is 1. The lowest BCUT2D eigenvalue weighted by atomic mass is 10.1. The van der Waals surface area contributed by atoms with E-state index < -0.39 is 0 Å². The lowest BCUT2D eigenvalue weighted by Gasteiger charge is -2.26. The van der Waals surface area contributed by atoms with Gasteiger partial charge in [-0.1, -0.05) is 11.2 Å². The van der Waals surface area contributed by atoms with Crippen molar-refractivity contribution in [3.8, 4) is 22.6 Å². The number of nitrogens with two attached hydrogens (primary N) is 1. The molecule has 0 radical (unpaired) electrons. The molecule has 5 nitrogen and oxygen atoms in total. The van der Waals surface area contributed by atoms with Gasteiger partial charge in [0.25, 0.3) is 0 Å². The molecular formula is C13H14N2O3S. The fourth-order valence-corrected chi connectivity index (χ4v) is 2.43. The van der Waals surface area contributed by atoms with E-state index in [1.807, 2.05) is 30.0 Å². The van der Waals surface area contributed by atoms with Gasteiger partial charge in [0.15, 0.2) is 11.5 Å². The molecular weight excluding hydrogens is 264 g/mol. The van der Waals surface area contributed by atoms with Crippen LogP contribution >= 0.6 is 11.8 Å². The predicted octanol–water partition coefficient (Wildman–Crippen LogP) is 2.43. The third kappa shape index (κ3) is 2.35. The van der Waals surface area contributed by atoms with Gasteiger partial charge in [0, 0.05) is 11.5 Å². The molecule has 6 heteroatoms. The monoisotopic (exact) mass is 278 g/mol. The van der Waals surface area contributed by atoms with Crippen LogP contribution in [-0.4, -0.2) is 29.9 Å². The van der Waals surface area contributed by atoms with Gasteiger partial charge >= 0.3 is 0 Å². The van der Waals surface area contributed by atoms with E-state index in [0.717, 1.165) is 34.1 Å². The zero-order valence-corrected chi connectivity index (χ0v) is 11.3. The molecule has 1 aromatic heterocycles. The van der Waals surface area contributed by atoms with Crippen molar-refractivity contribution in [3.63, 3.8) is 0 Å². The van der Waals surface area contributed by atoms with E-state index in [0.29, 0.717) is 5.88 Å². The van der Waals surface area contributed by atoms with Crippen molar-refractivity contribution in [1.82, 2.24) is 5.16 Å². The van der Waals surface area contributed by atoms with Gasteiger partial charge in [0.1, 0.15) is 6.10 Å². The van der Waals surface area contributed by atoms with Crippen LogP contribution < -0.4 is 15.2 Å². The summed E-state index contributed by atoms with van der Waals surface area (Å²) in [7, 11) is 1.63. The number of anilines is 1. The van der Waals surface area contributed by atoms with Crippen LogP contribution in [0, 0.1) is 0 Å². The van der Waals surface area contributed by atoms with Crippen LogP contribution in [0.5, 0.6) is 11.5 Å². The molecule has 100 valence electrons. The zero-order chi connectivity index (χ0) is 13.2. The van der Waals surface area contributed by atoms with Crippen LogP contribution in [0.25, 0.3) is 11.1 Å². The first kappa shape index (κ1) is 12.2. The maximum Gasteiger partial charge on any atom is 0.229 e. The van der Waals surface area contributed by atoms with E-state index in [1.54, 1.807) is 13.3 Å². The van der Waals surface area contributed by atoms with Crippen molar-refractivity contribution < 1.29 is 14.0 Å². The van der Waals surface area contributed by atoms with Crippen LogP contribution in [-0.2, 0) is 0 Å². The number of thioether (sulfide) groups is 1. The summed E-state index contributed by atoms with van der Waals surface area (Å²) >= 11 is 1.87. The Balaban J connectivity index is 1.94. The third-order valence-corrected chi connectivity index (χ3v) is 4.19. The molecule has 0 bridgehead atoms. The summed E-state index contributed by atoms with van der Waals surface area (Å²) in [4.78, 5) is 0. The molecule has 0 spiro atoms. The summed E-state index contributed by atoms with van der Waals surface area (Å²) in [5, 5.41) is 3.68. The molecule has 1 aliphatic rings. The van der Waals surface area contributed by atoms with Crippen molar-refractivity contribution in [1.29, 1.82) is 0 Å². The molecule has 0 atom stereocenters. The lowest BCUT2D eigenvalue weighted by Crippen LogP contribution is -2.31. The zero-order valence-electron chi connectivity index (χ0n) is 10.5. The van der Waals surface area contributed by atoms with Gasteiger partial charge in [-0.3, -0.25) is 0 Å². The Labute approximate surface area is 115 Å². The second kappa shape index (κ2) is 5.05. The molecule has 1 aliphatic heterocycles. The number of methoxy groups -OCH3 is 1. The van der Waals surface area contributed by atoms with Crippen LogP contribution in [0.3, 0.4) is 0 Å². The number of rotatable bonds is 4. The first-order chi connectivity index (χ1) is 9.28. The Morgan fingerprint density at radius 1 is 1.37 bits per heavy atom. The highest BCUT2D eigenvalue weighted by Crippen LogP contribution is 2.36. The summed E-state index contributed by atoms with van der Waals surface area (Å²) in [6.07, 6.45) is 1.86. The highest BCUT2D eigenvalue weighted by molar-refractivity contribution is 8.00. The van der Waals surface area contributed by atoms with Gasteiger partial charge in [-0.2, -0.15) is 11.8 Å². The van der Waals surface area contributed by atoms with E-state index in [2.05, 4.69) is 5.16 Å². The number of nitrogens with zero attached hydrogens (tertiary/aromatic N) is 1. The largest absolute Gasteiger partial charge is 0.493 e. The molecule has 1 aromatic carbocycles. The Hall–Kier alpha value is -1.82. The average molecular weight is 278 g/mol. The Kier molecular flexibility index (Phi) is 3.25. The number of ether oxygens (including phenoxy) is 2. The molecule has 0 amide bonds. The summed E-state index contributed by atoms with van der Waals surface area (Å²) in [5.41, 5.74) is 7.39. The van der Waals surface area contributed by atoms with Gasteiger partial charge in [-0.25, -0.2) is 0 Å². The number of hydrogen-bond acceptors (Lipinski definition) is 6. The highest BCUT2D eigenvalue weighted by atomic mass is 32.2. The van der Waals surface area contributed by atoms with E-state index in [1.165, 1.54) is 0 Å². The SMILES string of the molecule is COc1ccc(-c2cnoc2N)cc1OC1CSC1. The van der Waals surface area contributed by atoms with E-state index in [-0.39, 0.29) is 6.10 Å². The van der Waals surface area contributed by atoms with Gasteiger partial charge < -0.3 is 19.7 Å². The normalized spacial score (nSPS) is 15.0. The summed E-state index contributed by atoms with van der Waals surface area (Å²) in [6.45, 7) is 0. The minimum atomic E-state index is 0.258. The summed E-state index contributed by atoms with van der Waals surface area (Å²) in [6, 6.07) is 5.68. The predicted molar refractivity (Wildman–Crippen MR) is 74.6 cm³/mol. The van der Waals surface area contributed by atoms with Gasteiger partial charge in [-0.15, -0.1) is 0 Å². The standard InChI is InChI=1S/C13H14N2O3S/c1-16-11-3-2-8(10-5-15-18-13(10)14)4-12(11)17-9-6-19-7-9/h2-5,9H,6-7,14H2,1H3. The van der Waals surface area contributed by atoms with Crippen LogP contribution in [0.1, 0.15) is 0 Å². The lowest BCUT2D eigenvalue weighted by molar-refractivity contribution is 0.228. The number of hydrogen-bond donors (Lipinski definition) is 1. The molecule has 0 unspecified atom stereocenters. The maximum atomic E-state index is 5.91. The van der Waals surface area contributed by atoms with Crippen molar-refractivity contribution in [3.05, 3.63) is 24.4 Å². The van der Waals surface area contributed by atoms with Crippen molar-refractivity contribution in [2.24, 2.45) is 0 Å². The average Bonchev–Trinajstić information content (AvgIpc) is 2.80. The van der Waals surface area contributed by atoms with E-state index >= 15 is 0 Å². The minimum absolute atomic E-state index is 0.258. The molecule has 2 aromatic rings. The number of benzene rings is 1. The van der Waals surface area contributed by atoms with Crippen LogP contribution in [0.2, 0.25) is 0 Å². The van der Waals surface area contributed by atoms with Crippen LogP contribution in [0.4, 0.5) is 5.88 Å². The van der Waals surface area contributed by atoms with Gasteiger partial charge in [0.05, 0.1) is 18.9 Å². The fraction of sp³-hybridized carbons (Fsp3) is 0.308. The molecule has 2 heterocycles. The van der Waals surface area contributed by atoms with Crippen molar-refractivity contribution >= 4 is 17.6 Å². The molecule has 0 saturated carbocycles.